The maximum Gasteiger partial charge on any atom is 0.147 e. The lowest BCUT2D eigenvalue weighted by molar-refractivity contribution is 0.0923. The molecule has 0 N–H and O–H groups in total. The molecule has 2 heterocycles. The van der Waals surface area contributed by atoms with Crippen LogP contribution in [-0.2, 0) is 11.5 Å². The zero-order chi connectivity index (χ0) is 18.9. The third-order valence-electron chi connectivity index (χ3n) is 4.31. The van der Waals surface area contributed by atoms with E-state index < -0.39 is 10.0 Å². The van der Waals surface area contributed by atoms with Crippen LogP contribution in [0, 0.1) is 13.8 Å². The first-order valence-electron chi connectivity index (χ1n) is 8.57. The molecule has 0 saturated heterocycles. The molecule has 2 aromatic heterocycles. The van der Waals surface area contributed by atoms with Gasteiger partial charge in [-0.25, -0.2) is 20.0 Å². The predicted molar refractivity (Wildman–Crippen MR) is 116 cm³/mol. The standard InChI is InChI=1S/C20H26BrN3OS/c1-14-6-7-16(15(2)10-14)19-18-17(21)11-24(20(18)23-12-22-19)13-25-8-9-26(3,4)5/h6-7,10-12H,8-9,13H2,1-5H3. The molecule has 1 aromatic carbocycles. The van der Waals surface area contributed by atoms with Crippen LogP contribution in [0.3, 0.4) is 0 Å². The summed E-state index contributed by atoms with van der Waals surface area (Å²) in [6.45, 7) is 5.50. The van der Waals surface area contributed by atoms with Crippen LogP contribution in [-0.4, -0.2) is 45.7 Å². The van der Waals surface area contributed by atoms with Gasteiger partial charge in [0, 0.05) is 22.0 Å². The molecule has 3 rings (SSSR count). The van der Waals surface area contributed by atoms with E-state index in [1.54, 1.807) is 6.33 Å². The molecule has 0 aliphatic rings. The summed E-state index contributed by atoms with van der Waals surface area (Å²) in [6.07, 6.45) is 10.6. The first-order chi connectivity index (χ1) is 12.3. The fourth-order valence-corrected chi connectivity index (χ4v) is 4.16. The quantitative estimate of drug-likeness (QED) is 0.502. The first kappa shape index (κ1) is 19.4. The molecular weight excluding hydrogens is 410 g/mol. The molecule has 0 spiro atoms. The van der Waals surface area contributed by atoms with E-state index in [-0.39, 0.29) is 0 Å². The monoisotopic (exact) mass is 435 g/mol. The van der Waals surface area contributed by atoms with E-state index in [1.165, 1.54) is 11.1 Å². The van der Waals surface area contributed by atoms with E-state index in [9.17, 15) is 0 Å². The second kappa shape index (κ2) is 7.71. The van der Waals surface area contributed by atoms with Gasteiger partial charge < -0.3 is 9.30 Å². The molecule has 0 bridgehead atoms. The van der Waals surface area contributed by atoms with Crippen LogP contribution in [0.4, 0.5) is 0 Å². The van der Waals surface area contributed by atoms with Crippen LogP contribution in [0.1, 0.15) is 11.1 Å². The van der Waals surface area contributed by atoms with Crippen LogP contribution in [0.2, 0.25) is 0 Å². The Morgan fingerprint density at radius 1 is 1.15 bits per heavy atom. The van der Waals surface area contributed by atoms with Crippen LogP contribution >= 0.6 is 26.0 Å². The van der Waals surface area contributed by atoms with Crippen LogP contribution < -0.4 is 0 Å². The lowest BCUT2D eigenvalue weighted by atomic mass is 10.0. The number of ether oxygens (including phenoxy) is 1. The second-order valence-corrected chi connectivity index (χ2v) is 13.0. The number of aromatic nitrogens is 3. The molecule has 0 saturated carbocycles. The fourth-order valence-electron chi connectivity index (χ4n) is 2.93. The number of rotatable bonds is 6. The van der Waals surface area contributed by atoms with Gasteiger partial charge in [-0.2, -0.15) is 0 Å². The highest BCUT2D eigenvalue weighted by Gasteiger charge is 2.16. The van der Waals surface area contributed by atoms with Crippen molar-refractivity contribution < 1.29 is 4.74 Å². The highest BCUT2D eigenvalue weighted by molar-refractivity contribution is 9.10. The van der Waals surface area contributed by atoms with Gasteiger partial charge in [-0.05, 0) is 54.1 Å². The maximum atomic E-state index is 5.90. The van der Waals surface area contributed by atoms with Gasteiger partial charge in [0.1, 0.15) is 18.7 Å². The van der Waals surface area contributed by atoms with Gasteiger partial charge in [0.05, 0.1) is 17.7 Å². The van der Waals surface area contributed by atoms with Crippen molar-refractivity contribution in [3.63, 3.8) is 0 Å². The van der Waals surface area contributed by atoms with Crippen molar-refractivity contribution in [1.29, 1.82) is 0 Å². The van der Waals surface area contributed by atoms with Crippen molar-refractivity contribution >= 4 is 37.0 Å². The van der Waals surface area contributed by atoms with Crippen molar-refractivity contribution in [2.24, 2.45) is 0 Å². The fraction of sp³-hybridized carbons (Fsp3) is 0.400. The second-order valence-electron chi connectivity index (χ2n) is 7.52. The largest absolute Gasteiger partial charge is 0.360 e. The molecule has 0 fully saturated rings. The highest BCUT2D eigenvalue weighted by atomic mass is 79.9. The summed E-state index contributed by atoms with van der Waals surface area (Å²) in [6, 6.07) is 6.45. The van der Waals surface area contributed by atoms with E-state index in [4.69, 9.17) is 4.74 Å². The Balaban J connectivity index is 1.92. The Labute approximate surface area is 165 Å². The molecule has 0 atom stereocenters. The Morgan fingerprint density at radius 3 is 2.62 bits per heavy atom. The maximum absolute atomic E-state index is 5.90. The van der Waals surface area contributed by atoms with Gasteiger partial charge in [-0.3, -0.25) is 0 Å². The molecule has 0 aliphatic carbocycles. The van der Waals surface area contributed by atoms with Crippen molar-refractivity contribution in [2.75, 3.05) is 31.1 Å². The number of halogens is 1. The van der Waals surface area contributed by atoms with E-state index in [0.717, 1.165) is 39.1 Å². The van der Waals surface area contributed by atoms with Gasteiger partial charge in [0.2, 0.25) is 0 Å². The Kier molecular flexibility index (Phi) is 5.75. The average Bonchev–Trinajstić information content (AvgIpc) is 2.87. The Hall–Kier alpha value is -1.37. The topological polar surface area (TPSA) is 39.9 Å². The van der Waals surface area contributed by atoms with Crippen molar-refractivity contribution in [1.82, 2.24) is 14.5 Å². The first-order valence-corrected chi connectivity index (χ1v) is 12.4. The zero-order valence-corrected chi connectivity index (χ0v) is 18.4. The molecule has 6 heteroatoms. The minimum atomic E-state index is -0.536. The SMILES string of the molecule is Cc1ccc(-c2ncnc3c2c(Br)cn3COCCS(C)(C)C)c(C)c1. The number of benzene rings is 1. The molecule has 4 nitrogen and oxygen atoms in total. The van der Waals surface area contributed by atoms with Gasteiger partial charge in [0.25, 0.3) is 0 Å². The third-order valence-corrected chi connectivity index (χ3v) is 6.31. The van der Waals surface area contributed by atoms with Crippen molar-refractivity contribution in [3.05, 3.63) is 46.3 Å². The number of aryl methyl sites for hydroxylation is 2. The average molecular weight is 436 g/mol. The van der Waals surface area contributed by atoms with Gasteiger partial charge in [0.15, 0.2) is 0 Å². The third kappa shape index (κ3) is 4.30. The molecule has 0 radical (unpaired) electrons. The summed E-state index contributed by atoms with van der Waals surface area (Å²) >= 11 is 3.69. The minimum absolute atomic E-state index is 0.501. The minimum Gasteiger partial charge on any atom is -0.360 e. The summed E-state index contributed by atoms with van der Waals surface area (Å²) in [5.74, 6) is 1.11. The van der Waals surface area contributed by atoms with Gasteiger partial charge in [-0.1, -0.05) is 23.8 Å². The molecule has 26 heavy (non-hydrogen) atoms. The summed E-state index contributed by atoms with van der Waals surface area (Å²) in [5.41, 5.74) is 5.46. The molecule has 140 valence electrons. The highest BCUT2D eigenvalue weighted by Crippen LogP contribution is 2.35. The van der Waals surface area contributed by atoms with Gasteiger partial charge >= 0.3 is 0 Å². The van der Waals surface area contributed by atoms with Crippen molar-refractivity contribution in [2.45, 2.75) is 20.6 Å². The molecular formula is C20H26BrN3OS. The number of hydrogen-bond donors (Lipinski definition) is 0. The molecule has 0 unspecified atom stereocenters. The van der Waals surface area contributed by atoms with E-state index in [2.05, 4.69) is 76.7 Å². The van der Waals surface area contributed by atoms with E-state index in [1.807, 2.05) is 10.8 Å². The number of hydrogen-bond acceptors (Lipinski definition) is 3. The van der Waals surface area contributed by atoms with Crippen LogP contribution in [0.5, 0.6) is 0 Å². The summed E-state index contributed by atoms with van der Waals surface area (Å²) in [5, 5.41) is 1.03. The molecule has 0 amide bonds. The summed E-state index contributed by atoms with van der Waals surface area (Å²) in [7, 11) is -0.536. The van der Waals surface area contributed by atoms with E-state index in [0.29, 0.717) is 6.73 Å². The molecule has 3 aromatic rings. The normalized spacial score (nSPS) is 12.7. The lowest BCUT2D eigenvalue weighted by Gasteiger charge is -2.24. The molecule has 0 aliphatic heterocycles. The van der Waals surface area contributed by atoms with Gasteiger partial charge in [-0.15, -0.1) is 0 Å². The Morgan fingerprint density at radius 2 is 1.92 bits per heavy atom. The lowest BCUT2D eigenvalue weighted by Crippen LogP contribution is -2.09. The van der Waals surface area contributed by atoms with Crippen LogP contribution in [0.25, 0.3) is 22.3 Å². The summed E-state index contributed by atoms with van der Waals surface area (Å²) < 4.78 is 8.95. The zero-order valence-electron chi connectivity index (χ0n) is 16.0. The number of nitrogens with zero attached hydrogens (tertiary/aromatic N) is 3. The predicted octanol–water partition coefficient (Wildman–Crippen LogP) is 5.15. The number of fused-ring (bicyclic) bond motifs is 1. The Bertz CT molecular complexity index is 931. The smallest absolute Gasteiger partial charge is 0.147 e. The van der Waals surface area contributed by atoms with Crippen molar-refractivity contribution in [3.8, 4) is 11.3 Å². The van der Waals surface area contributed by atoms with E-state index >= 15 is 0 Å². The van der Waals surface area contributed by atoms with Crippen LogP contribution in [0.15, 0.2) is 35.2 Å². The summed E-state index contributed by atoms with van der Waals surface area (Å²) in [4.78, 5) is 9.09.